The zero-order valence-electron chi connectivity index (χ0n) is 10.3. The lowest BCUT2D eigenvalue weighted by molar-refractivity contribution is 0.884. The maximum absolute atomic E-state index is 8.91. The first-order valence-electron chi connectivity index (χ1n) is 5.82. The summed E-state index contributed by atoms with van der Waals surface area (Å²) in [5, 5.41) is 12.9. The van der Waals surface area contributed by atoms with Crippen LogP contribution in [0.2, 0.25) is 5.02 Å². The molecule has 0 amide bonds. The van der Waals surface area contributed by atoms with Gasteiger partial charge in [-0.3, -0.25) is 0 Å². The molecule has 0 fully saturated rings. The van der Waals surface area contributed by atoms with Crippen molar-refractivity contribution in [2.45, 2.75) is 13.0 Å². The summed E-state index contributed by atoms with van der Waals surface area (Å²) in [5.74, 6) is 0. The van der Waals surface area contributed by atoms with Gasteiger partial charge in [-0.1, -0.05) is 39.7 Å². The molecule has 1 unspecified atom stereocenters. The van der Waals surface area contributed by atoms with E-state index in [4.69, 9.17) is 16.9 Å². The number of nitriles is 1. The van der Waals surface area contributed by atoms with E-state index in [0.717, 1.165) is 15.7 Å². The smallest absolute Gasteiger partial charge is 0.0991 e. The lowest BCUT2D eigenvalue weighted by Gasteiger charge is -2.17. The summed E-state index contributed by atoms with van der Waals surface area (Å²) in [4.78, 5) is 0. The average Bonchev–Trinajstić information content (AvgIpc) is 2.42. The number of halogens is 2. The highest BCUT2D eigenvalue weighted by atomic mass is 79.9. The van der Waals surface area contributed by atoms with Crippen LogP contribution in [0.3, 0.4) is 0 Å². The summed E-state index contributed by atoms with van der Waals surface area (Å²) < 4.78 is 0.946. The second kappa shape index (κ2) is 6.10. The molecule has 0 aromatic heterocycles. The Kier molecular flexibility index (Phi) is 4.47. The van der Waals surface area contributed by atoms with Gasteiger partial charge in [-0.25, -0.2) is 0 Å². The van der Waals surface area contributed by atoms with Crippen molar-refractivity contribution in [3.05, 3.63) is 63.1 Å². The van der Waals surface area contributed by atoms with Gasteiger partial charge in [0.25, 0.3) is 0 Å². The van der Waals surface area contributed by atoms with Gasteiger partial charge in [-0.2, -0.15) is 5.26 Å². The standard InChI is InChI=1S/C15H12BrClN2/c1-10(12-4-2-3-11(7-12)9-18)19-15-6-5-13(16)8-14(15)17/h2-8,10,19H,1H3. The van der Waals surface area contributed by atoms with Crippen molar-refractivity contribution < 1.29 is 0 Å². The second-order valence-corrected chi connectivity index (χ2v) is 5.55. The molecule has 0 aliphatic rings. The predicted octanol–water partition coefficient (Wildman–Crippen LogP) is 5.15. The molecule has 0 bridgehead atoms. The molecular formula is C15H12BrClN2. The summed E-state index contributed by atoms with van der Waals surface area (Å²) in [6.07, 6.45) is 0. The van der Waals surface area contributed by atoms with E-state index in [2.05, 4.69) is 27.3 Å². The van der Waals surface area contributed by atoms with Gasteiger partial charge in [0.15, 0.2) is 0 Å². The molecule has 1 N–H and O–H groups in total. The lowest BCUT2D eigenvalue weighted by Crippen LogP contribution is -2.07. The van der Waals surface area contributed by atoms with Gasteiger partial charge < -0.3 is 5.32 Å². The second-order valence-electron chi connectivity index (χ2n) is 4.23. The fourth-order valence-electron chi connectivity index (χ4n) is 1.80. The molecule has 0 heterocycles. The molecule has 2 nitrogen and oxygen atoms in total. The topological polar surface area (TPSA) is 35.8 Å². The SMILES string of the molecule is CC(Nc1ccc(Br)cc1Cl)c1cccc(C#N)c1. The van der Waals surface area contributed by atoms with Crippen LogP contribution < -0.4 is 5.32 Å². The van der Waals surface area contributed by atoms with Gasteiger partial charge >= 0.3 is 0 Å². The molecule has 96 valence electrons. The van der Waals surface area contributed by atoms with Crippen molar-refractivity contribution >= 4 is 33.2 Å². The van der Waals surface area contributed by atoms with Crippen molar-refractivity contribution in [2.75, 3.05) is 5.32 Å². The number of anilines is 1. The number of benzene rings is 2. The summed E-state index contributed by atoms with van der Waals surface area (Å²) in [5.41, 5.74) is 2.59. The number of rotatable bonds is 3. The molecule has 0 saturated carbocycles. The van der Waals surface area contributed by atoms with Crippen molar-refractivity contribution in [1.82, 2.24) is 0 Å². The number of nitrogens with one attached hydrogen (secondary N) is 1. The van der Waals surface area contributed by atoms with E-state index < -0.39 is 0 Å². The van der Waals surface area contributed by atoms with Crippen molar-refractivity contribution in [2.24, 2.45) is 0 Å². The van der Waals surface area contributed by atoms with E-state index in [1.54, 1.807) is 6.07 Å². The highest BCUT2D eigenvalue weighted by Gasteiger charge is 2.08. The Labute approximate surface area is 126 Å². The lowest BCUT2D eigenvalue weighted by atomic mass is 10.1. The molecule has 2 aromatic rings. The third-order valence-corrected chi connectivity index (χ3v) is 3.62. The molecule has 4 heteroatoms. The van der Waals surface area contributed by atoms with Gasteiger partial charge in [0, 0.05) is 10.5 Å². The Morgan fingerprint density at radius 3 is 2.74 bits per heavy atom. The van der Waals surface area contributed by atoms with Crippen LogP contribution in [0.15, 0.2) is 46.9 Å². The van der Waals surface area contributed by atoms with Gasteiger partial charge in [-0.05, 0) is 42.8 Å². The first-order chi connectivity index (χ1) is 9.10. The Bertz CT molecular complexity index is 634. The molecule has 19 heavy (non-hydrogen) atoms. The Balaban J connectivity index is 2.20. The van der Waals surface area contributed by atoms with Crippen LogP contribution in [0.1, 0.15) is 24.1 Å². The highest BCUT2D eigenvalue weighted by molar-refractivity contribution is 9.10. The third kappa shape index (κ3) is 3.50. The number of hydrogen-bond acceptors (Lipinski definition) is 2. The summed E-state index contributed by atoms with van der Waals surface area (Å²) in [6, 6.07) is 15.5. The predicted molar refractivity (Wildman–Crippen MR) is 82.3 cm³/mol. The summed E-state index contributed by atoms with van der Waals surface area (Å²) >= 11 is 9.55. The van der Waals surface area contributed by atoms with E-state index >= 15 is 0 Å². The molecule has 2 aromatic carbocycles. The van der Waals surface area contributed by atoms with Crippen molar-refractivity contribution in [3.8, 4) is 6.07 Å². The molecular weight excluding hydrogens is 324 g/mol. The highest BCUT2D eigenvalue weighted by Crippen LogP contribution is 2.29. The molecule has 0 saturated heterocycles. The van der Waals surface area contributed by atoms with Crippen LogP contribution in [0.5, 0.6) is 0 Å². The summed E-state index contributed by atoms with van der Waals surface area (Å²) in [7, 11) is 0. The fraction of sp³-hybridized carbons (Fsp3) is 0.133. The normalized spacial score (nSPS) is 11.7. The van der Waals surface area contributed by atoms with E-state index in [1.165, 1.54) is 0 Å². The van der Waals surface area contributed by atoms with E-state index in [9.17, 15) is 0 Å². The molecule has 0 aliphatic heterocycles. The third-order valence-electron chi connectivity index (χ3n) is 2.82. The Morgan fingerprint density at radius 2 is 2.05 bits per heavy atom. The first kappa shape index (κ1) is 13.9. The minimum Gasteiger partial charge on any atom is -0.377 e. The quantitative estimate of drug-likeness (QED) is 0.842. The van der Waals surface area contributed by atoms with Gasteiger partial charge in [-0.15, -0.1) is 0 Å². The molecule has 2 rings (SSSR count). The van der Waals surface area contributed by atoms with Crippen LogP contribution in [-0.2, 0) is 0 Å². The minimum absolute atomic E-state index is 0.0759. The largest absolute Gasteiger partial charge is 0.377 e. The first-order valence-corrected chi connectivity index (χ1v) is 6.99. The van der Waals surface area contributed by atoms with Gasteiger partial charge in [0.1, 0.15) is 0 Å². The Morgan fingerprint density at radius 1 is 1.26 bits per heavy atom. The van der Waals surface area contributed by atoms with Crippen LogP contribution >= 0.6 is 27.5 Å². The number of nitrogens with zero attached hydrogens (tertiary/aromatic N) is 1. The van der Waals surface area contributed by atoms with Crippen LogP contribution in [0.25, 0.3) is 0 Å². The monoisotopic (exact) mass is 334 g/mol. The molecule has 0 spiro atoms. The van der Waals surface area contributed by atoms with Crippen molar-refractivity contribution in [1.29, 1.82) is 5.26 Å². The maximum atomic E-state index is 8.91. The summed E-state index contributed by atoms with van der Waals surface area (Å²) in [6.45, 7) is 2.04. The van der Waals surface area contributed by atoms with Crippen LogP contribution in [0.4, 0.5) is 5.69 Å². The van der Waals surface area contributed by atoms with Gasteiger partial charge in [0.05, 0.1) is 22.3 Å². The maximum Gasteiger partial charge on any atom is 0.0991 e. The Hall–Kier alpha value is -1.50. The van der Waals surface area contributed by atoms with Crippen molar-refractivity contribution in [3.63, 3.8) is 0 Å². The molecule has 0 aliphatic carbocycles. The zero-order valence-corrected chi connectivity index (χ0v) is 12.7. The number of hydrogen-bond donors (Lipinski definition) is 1. The fourth-order valence-corrected chi connectivity index (χ4v) is 2.53. The molecule has 0 radical (unpaired) electrons. The van der Waals surface area contributed by atoms with E-state index in [0.29, 0.717) is 10.6 Å². The minimum atomic E-state index is 0.0759. The average molecular weight is 336 g/mol. The van der Waals surface area contributed by atoms with Gasteiger partial charge in [0.2, 0.25) is 0 Å². The van der Waals surface area contributed by atoms with Crippen LogP contribution in [-0.4, -0.2) is 0 Å². The molecule has 1 atom stereocenters. The van der Waals surface area contributed by atoms with E-state index in [-0.39, 0.29) is 6.04 Å². The van der Waals surface area contributed by atoms with Crippen LogP contribution in [0, 0.1) is 11.3 Å². The van der Waals surface area contributed by atoms with E-state index in [1.807, 2.05) is 43.3 Å². The zero-order chi connectivity index (χ0) is 13.8.